The molecule has 154 valence electrons. The lowest BCUT2D eigenvalue weighted by atomic mass is 10.1. The van der Waals surface area contributed by atoms with Crippen molar-refractivity contribution in [3.05, 3.63) is 53.3 Å². The maximum absolute atomic E-state index is 12.9. The first-order valence-electron chi connectivity index (χ1n) is 10.2. The van der Waals surface area contributed by atoms with E-state index < -0.39 is 0 Å². The second-order valence-corrected chi connectivity index (χ2v) is 7.38. The van der Waals surface area contributed by atoms with Gasteiger partial charge in [-0.1, -0.05) is 12.1 Å². The lowest BCUT2D eigenvalue weighted by molar-refractivity contribution is 0.0904. The summed E-state index contributed by atoms with van der Waals surface area (Å²) < 4.78 is 5.44. The molecule has 1 saturated heterocycles. The summed E-state index contributed by atoms with van der Waals surface area (Å²) >= 11 is 0. The van der Waals surface area contributed by atoms with Gasteiger partial charge in [0.05, 0.1) is 34.5 Å². The van der Waals surface area contributed by atoms with Crippen molar-refractivity contribution in [1.82, 2.24) is 20.5 Å². The number of aromatic nitrogens is 3. The molecule has 1 fully saturated rings. The first-order chi connectivity index (χ1) is 14.7. The molecular formula is C22H24N6O2. The van der Waals surface area contributed by atoms with Gasteiger partial charge in [-0.25, -0.2) is 4.98 Å². The Morgan fingerprint density at radius 2 is 2.03 bits per heavy atom. The van der Waals surface area contributed by atoms with Crippen molar-refractivity contribution in [2.24, 2.45) is 0 Å². The minimum Gasteiger partial charge on any atom is -0.381 e. The van der Waals surface area contributed by atoms with E-state index in [-0.39, 0.29) is 11.9 Å². The molecule has 1 aliphatic rings. The van der Waals surface area contributed by atoms with Gasteiger partial charge in [0, 0.05) is 32.0 Å². The zero-order valence-electron chi connectivity index (χ0n) is 16.6. The monoisotopic (exact) mass is 404 g/mol. The predicted octanol–water partition coefficient (Wildman–Crippen LogP) is 2.78. The number of ether oxygens (including phenoxy) is 1. The lowest BCUT2D eigenvalue weighted by Crippen LogP contribution is -2.30. The normalized spacial score (nSPS) is 14.4. The molecule has 2 aromatic heterocycles. The summed E-state index contributed by atoms with van der Waals surface area (Å²) in [6, 6.07) is 9.90. The fourth-order valence-electron chi connectivity index (χ4n) is 3.61. The van der Waals surface area contributed by atoms with Crippen LogP contribution >= 0.6 is 0 Å². The fourth-order valence-corrected chi connectivity index (χ4v) is 3.61. The molecule has 3 N–H and O–H groups in total. The molecule has 1 amide bonds. The van der Waals surface area contributed by atoms with Crippen LogP contribution in [0.25, 0.3) is 11.0 Å². The number of carbonyl (C=O) groups is 1. The average Bonchev–Trinajstić information content (AvgIpc) is 3.27. The molecule has 4 rings (SSSR count). The predicted molar refractivity (Wildman–Crippen MR) is 113 cm³/mol. The van der Waals surface area contributed by atoms with Gasteiger partial charge in [0.2, 0.25) is 0 Å². The lowest BCUT2D eigenvalue weighted by Gasteiger charge is -2.25. The van der Waals surface area contributed by atoms with Crippen molar-refractivity contribution in [3.8, 4) is 6.07 Å². The largest absolute Gasteiger partial charge is 0.381 e. The molecule has 0 saturated carbocycles. The summed E-state index contributed by atoms with van der Waals surface area (Å²) in [6.07, 6.45) is 6.73. The van der Waals surface area contributed by atoms with E-state index in [4.69, 9.17) is 10.00 Å². The summed E-state index contributed by atoms with van der Waals surface area (Å²) in [5.41, 5.74) is 3.74. The zero-order chi connectivity index (χ0) is 20.8. The first-order valence-corrected chi connectivity index (χ1v) is 10.2. The van der Waals surface area contributed by atoms with Crippen molar-refractivity contribution in [3.63, 3.8) is 0 Å². The third-order valence-corrected chi connectivity index (χ3v) is 5.31. The van der Waals surface area contributed by atoms with Crippen LogP contribution in [-0.2, 0) is 11.2 Å². The number of nitrogens with zero attached hydrogens (tertiary/aromatic N) is 3. The Balaban J connectivity index is 1.40. The average molecular weight is 404 g/mol. The number of rotatable bonds is 7. The second-order valence-electron chi connectivity index (χ2n) is 7.38. The number of benzene rings is 1. The quantitative estimate of drug-likeness (QED) is 0.522. The van der Waals surface area contributed by atoms with E-state index >= 15 is 0 Å². The number of fused-ring (bicyclic) bond motifs is 1. The molecule has 8 heteroatoms. The van der Waals surface area contributed by atoms with Gasteiger partial charge in [-0.05, 0) is 43.4 Å². The number of nitrogens with one attached hydrogen (secondary N) is 3. The van der Waals surface area contributed by atoms with Crippen molar-refractivity contribution in [2.75, 3.05) is 25.1 Å². The van der Waals surface area contributed by atoms with Gasteiger partial charge in [-0.2, -0.15) is 10.4 Å². The fraction of sp³-hybridized carbons (Fsp3) is 0.364. The number of hydrogen-bond donors (Lipinski definition) is 3. The Hall–Kier alpha value is -3.44. The van der Waals surface area contributed by atoms with E-state index in [0.29, 0.717) is 36.5 Å². The van der Waals surface area contributed by atoms with Crippen molar-refractivity contribution in [1.29, 1.82) is 5.26 Å². The number of amides is 1. The van der Waals surface area contributed by atoms with Crippen molar-refractivity contribution in [2.45, 2.75) is 31.7 Å². The molecule has 0 spiro atoms. The van der Waals surface area contributed by atoms with E-state index in [1.807, 2.05) is 24.3 Å². The second kappa shape index (κ2) is 9.37. The number of carbonyl (C=O) groups excluding carboxylic acids is 1. The Kier molecular flexibility index (Phi) is 6.20. The minimum atomic E-state index is -0.153. The topological polar surface area (TPSA) is 116 Å². The van der Waals surface area contributed by atoms with Gasteiger partial charge in [-0.15, -0.1) is 0 Å². The maximum atomic E-state index is 12.9. The molecule has 1 aromatic carbocycles. The van der Waals surface area contributed by atoms with Crippen LogP contribution < -0.4 is 10.6 Å². The van der Waals surface area contributed by atoms with Gasteiger partial charge in [0.25, 0.3) is 5.91 Å². The van der Waals surface area contributed by atoms with Crippen LogP contribution in [0.15, 0.2) is 36.7 Å². The summed E-state index contributed by atoms with van der Waals surface area (Å²) in [4.78, 5) is 17.2. The third kappa shape index (κ3) is 4.58. The van der Waals surface area contributed by atoms with E-state index in [0.717, 1.165) is 42.3 Å². The Bertz CT molecular complexity index is 1050. The van der Waals surface area contributed by atoms with Crippen LogP contribution in [-0.4, -0.2) is 46.9 Å². The van der Waals surface area contributed by atoms with Gasteiger partial charge >= 0.3 is 0 Å². The molecule has 0 bridgehead atoms. The third-order valence-electron chi connectivity index (χ3n) is 5.31. The molecule has 0 unspecified atom stereocenters. The summed E-state index contributed by atoms with van der Waals surface area (Å²) in [5.74, 6) is -0.153. The number of anilines is 1. The first kappa shape index (κ1) is 19.9. The molecule has 0 atom stereocenters. The minimum absolute atomic E-state index is 0.153. The van der Waals surface area contributed by atoms with Crippen LogP contribution in [0.2, 0.25) is 0 Å². The van der Waals surface area contributed by atoms with E-state index in [9.17, 15) is 4.79 Å². The zero-order valence-corrected chi connectivity index (χ0v) is 16.6. The van der Waals surface area contributed by atoms with E-state index in [2.05, 4.69) is 31.9 Å². The highest BCUT2D eigenvalue weighted by Gasteiger charge is 2.21. The summed E-state index contributed by atoms with van der Waals surface area (Å²) in [5, 5.41) is 23.1. The molecule has 1 aliphatic heterocycles. The number of H-pyrrole nitrogens is 1. The van der Waals surface area contributed by atoms with Crippen LogP contribution in [0.3, 0.4) is 0 Å². The van der Waals surface area contributed by atoms with Crippen molar-refractivity contribution >= 4 is 22.6 Å². The molecule has 3 heterocycles. The van der Waals surface area contributed by atoms with Gasteiger partial charge in [0.1, 0.15) is 0 Å². The number of hydrogen-bond acceptors (Lipinski definition) is 6. The molecule has 8 nitrogen and oxygen atoms in total. The highest BCUT2D eigenvalue weighted by Crippen LogP contribution is 2.27. The Morgan fingerprint density at radius 3 is 2.80 bits per heavy atom. The van der Waals surface area contributed by atoms with Crippen LogP contribution in [0.5, 0.6) is 0 Å². The molecule has 0 radical (unpaired) electrons. The summed E-state index contributed by atoms with van der Waals surface area (Å²) in [7, 11) is 0. The smallest absolute Gasteiger partial charge is 0.254 e. The molecular weight excluding hydrogens is 380 g/mol. The highest BCUT2D eigenvalue weighted by atomic mass is 16.5. The molecule has 0 aliphatic carbocycles. The summed E-state index contributed by atoms with van der Waals surface area (Å²) in [6.45, 7) is 1.99. The standard InChI is InChI=1S/C22H24N6O2/c23-12-16-5-3-15(4-6-16)2-1-9-24-22(29)19-13-25-21-18(14-26-28-21)20(19)27-17-7-10-30-11-8-17/h3-6,13-14,17H,1-2,7-11H2,(H,24,29)(H2,25,26,27,28). The van der Waals surface area contributed by atoms with Crippen LogP contribution in [0.4, 0.5) is 5.69 Å². The van der Waals surface area contributed by atoms with Gasteiger partial charge in [-0.3, -0.25) is 9.89 Å². The highest BCUT2D eigenvalue weighted by molar-refractivity contribution is 6.06. The van der Waals surface area contributed by atoms with Crippen LogP contribution in [0.1, 0.15) is 40.7 Å². The molecule has 3 aromatic rings. The number of pyridine rings is 1. The molecule has 30 heavy (non-hydrogen) atoms. The van der Waals surface area contributed by atoms with E-state index in [1.54, 1.807) is 12.4 Å². The van der Waals surface area contributed by atoms with Gasteiger partial charge < -0.3 is 15.4 Å². The van der Waals surface area contributed by atoms with E-state index in [1.165, 1.54) is 0 Å². The Morgan fingerprint density at radius 1 is 1.23 bits per heavy atom. The number of nitriles is 1. The van der Waals surface area contributed by atoms with Gasteiger partial charge in [0.15, 0.2) is 5.65 Å². The van der Waals surface area contributed by atoms with Crippen LogP contribution in [0, 0.1) is 11.3 Å². The maximum Gasteiger partial charge on any atom is 0.254 e. The van der Waals surface area contributed by atoms with Crippen molar-refractivity contribution < 1.29 is 9.53 Å². The SMILES string of the molecule is N#Cc1ccc(CCCNC(=O)c2cnc3[nH]ncc3c2NC2CCOCC2)cc1. The number of aromatic amines is 1. The number of aryl methyl sites for hydroxylation is 1. The Labute approximate surface area is 174 Å².